The maximum absolute atomic E-state index is 14.9. The molecular weight excluding hydrogens is 556 g/mol. The Kier molecular flexibility index (Phi) is 8.06. The number of halogens is 4. The van der Waals surface area contributed by atoms with Crippen LogP contribution in [-0.2, 0) is 24.7 Å². The number of anilines is 1. The molecule has 3 heterocycles. The van der Waals surface area contributed by atoms with Crippen LogP contribution in [0.15, 0.2) is 48.5 Å². The molecule has 0 aromatic heterocycles. The second-order valence-corrected chi connectivity index (χ2v) is 11.5. The lowest BCUT2D eigenvalue weighted by atomic mass is 9.62. The van der Waals surface area contributed by atoms with Crippen LogP contribution in [0.3, 0.4) is 0 Å². The predicted molar refractivity (Wildman–Crippen MR) is 146 cm³/mol. The molecule has 3 amide bonds. The van der Waals surface area contributed by atoms with E-state index in [0.29, 0.717) is 32.5 Å². The number of likely N-dealkylation sites (tertiary alicyclic amines) is 1. The minimum atomic E-state index is -5.11. The van der Waals surface area contributed by atoms with Crippen LogP contribution in [0.1, 0.15) is 36.3 Å². The maximum Gasteiger partial charge on any atom is 0.430 e. The van der Waals surface area contributed by atoms with Crippen molar-refractivity contribution in [3.63, 3.8) is 0 Å². The third kappa shape index (κ3) is 5.26. The number of amides is 3. The standard InChI is InChI=1S/C30H34F4N4O4/c1-36-14-15-38(26(40)19-36)23-5-3-4-21(16-23)29(42-2,30(32,33)34)27(41)37-12-10-28(11-13-37)17-25(39)35-18-24(28)20-6-8-22(31)9-7-20/h3-9,16,24H,10-15,17-19H2,1-2H3,(H,35,39)/t24-,29-/m0/s1. The van der Waals surface area contributed by atoms with Gasteiger partial charge in [0.25, 0.3) is 11.5 Å². The van der Waals surface area contributed by atoms with Gasteiger partial charge < -0.3 is 19.9 Å². The van der Waals surface area contributed by atoms with Gasteiger partial charge in [-0.25, -0.2) is 4.39 Å². The first-order valence-corrected chi connectivity index (χ1v) is 13.9. The molecular formula is C30H34F4N4O4. The number of alkyl halides is 3. The van der Waals surface area contributed by atoms with Crippen LogP contribution >= 0.6 is 0 Å². The monoisotopic (exact) mass is 590 g/mol. The Hall–Kier alpha value is -3.51. The Labute approximate surface area is 241 Å². The third-order valence-corrected chi connectivity index (χ3v) is 9.06. The van der Waals surface area contributed by atoms with Gasteiger partial charge in [0.15, 0.2) is 0 Å². The third-order valence-electron chi connectivity index (χ3n) is 9.06. The highest BCUT2D eigenvalue weighted by atomic mass is 19.4. The Morgan fingerprint density at radius 3 is 2.33 bits per heavy atom. The molecule has 5 rings (SSSR count). The zero-order valence-electron chi connectivity index (χ0n) is 23.5. The van der Waals surface area contributed by atoms with Crippen LogP contribution in [0, 0.1) is 11.2 Å². The molecule has 226 valence electrons. The number of nitrogens with zero attached hydrogens (tertiary/aromatic N) is 3. The fourth-order valence-corrected chi connectivity index (χ4v) is 6.69. The van der Waals surface area contributed by atoms with Gasteiger partial charge >= 0.3 is 6.18 Å². The number of carbonyl (C=O) groups excluding carboxylic acids is 3. The van der Waals surface area contributed by atoms with Gasteiger partial charge in [-0.3, -0.25) is 19.3 Å². The van der Waals surface area contributed by atoms with Gasteiger partial charge in [0.1, 0.15) is 5.82 Å². The van der Waals surface area contributed by atoms with E-state index in [1.165, 1.54) is 35.2 Å². The Bertz CT molecular complexity index is 1340. The van der Waals surface area contributed by atoms with E-state index in [-0.39, 0.29) is 49.5 Å². The maximum atomic E-state index is 14.9. The first kappa shape index (κ1) is 30.0. The Morgan fingerprint density at radius 2 is 1.71 bits per heavy atom. The summed E-state index contributed by atoms with van der Waals surface area (Å²) in [5.74, 6) is -2.23. The summed E-state index contributed by atoms with van der Waals surface area (Å²) in [7, 11) is 2.65. The van der Waals surface area contributed by atoms with Crippen molar-refractivity contribution in [1.29, 1.82) is 0 Å². The Balaban J connectivity index is 1.43. The van der Waals surface area contributed by atoms with Gasteiger partial charge in [-0.05, 0) is 55.1 Å². The number of methoxy groups -OCH3 is 1. The van der Waals surface area contributed by atoms with Gasteiger partial charge in [0.05, 0.1) is 6.54 Å². The van der Waals surface area contributed by atoms with Crippen LogP contribution in [0.2, 0.25) is 0 Å². The van der Waals surface area contributed by atoms with Gasteiger partial charge in [-0.15, -0.1) is 0 Å². The molecule has 0 bridgehead atoms. The fourth-order valence-electron chi connectivity index (χ4n) is 6.69. The van der Waals surface area contributed by atoms with Gasteiger partial charge in [0.2, 0.25) is 11.8 Å². The second-order valence-electron chi connectivity index (χ2n) is 11.5. The molecule has 3 aliphatic heterocycles. The SMILES string of the molecule is CO[C@](C(=O)N1CCC2(CC1)CC(=O)NC[C@H]2c1ccc(F)cc1)(c1cccc(N2CCN(C)CC2=O)c1)C(F)(F)F. The summed E-state index contributed by atoms with van der Waals surface area (Å²) >= 11 is 0. The lowest BCUT2D eigenvalue weighted by Gasteiger charge is -2.50. The van der Waals surface area contributed by atoms with Crippen LogP contribution < -0.4 is 10.2 Å². The highest BCUT2D eigenvalue weighted by molar-refractivity contribution is 5.96. The topological polar surface area (TPSA) is 82.2 Å². The molecule has 2 aromatic rings. The number of carbonyl (C=O) groups is 3. The van der Waals surface area contributed by atoms with Crippen molar-refractivity contribution in [1.82, 2.24) is 15.1 Å². The molecule has 1 N–H and O–H groups in total. The second kappa shape index (κ2) is 11.3. The summed E-state index contributed by atoms with van der Waals surface area (Å²) in [5, 5.41) is 2.85. The molecule has 12 heteroatoms. The van der Waals surface area contributed by atoms with Crippen molar-refractivity contribution in [3.8, 4) is 0 Å². The molecule has 0 unspecified atom stereocenters. The van der Waals surface area contributed by atoms with E-state index in [2.05, 4.69) is 5.32 Å². The quantitative estimate of drug-likeness (QED) is 0.540. The molecule has 0 radical (unpaired) electrons. The molecule has 0 aliphatic carbocycles. The molecule has 0 saturated carbocycles. The average molecular weight is 591 g/mol. The van der Waals surface area contributed by atoms with Gasteiger partial charge in [0, 0.05) is 63.4 Å². The highest BCUT2D eigenvalue weighted by Crippen LogP contribution is 2.50. The minimum absolute atomic E-state index is 0.0123. The highest BCUT2D eigenvalue weighted by Gasteiger charge is 2.64. The van der Waals surface area contributed by atoms with Crippen LogP contribution in [0.4, 0.5) is 23.2 Å². The zero-order chi connectivity index (χ0) is 30.3. The van der Waals surface area contributed by atoms with Crippen molar-refractivity contribution in [2.45, 2.75) is 37.0 Å². The molecule has 2 aromatic carbocycles. The summed E-state index contributed by atoms with van der Waals surface area (Å²) < 4.78 is 63.5. The van der Waals surface area contributed by atoms with Crippen LogP contribution in [0.25, 0.3) is 0 Å². The number of rotatable bonds is 5. The number of hydrogen-bond donors (Lipinski definition) is 1. The first-order chi connectivity index (χ1) is 19.9. The van der Waals surface area contributed by atoms with E-state index < -0.39 is 34.5 Å². The molecule has 1 spiro atoms. The predicted octanol–water partition coefficient (Wildman–Crippen LogP) is 3.42. The van der Waals surface area contributed by atoms with E-state index >= 15 is 0 Å². The van der Waals surface area contributed by atoms with Crippen molar-refractivity contribution in [2.75, 3.05) is 58.3 Å². The number of ether oxygens (including phenoxy) is 1. The van der Waals surface area contributed by atoms with Crippen LogP contribution in [0.5, 0.6) is 0 Å². The average Bonchev–Trinajstić information content (AvgIpc) is 2.94. The summed E-state index contributed by atoms with van der Waals surface area (Å²) in [4.78, 5) is 43.4. The number of hydrogen-bond acceptors (Lipinski definition) is 5. The normalized spacial score (nSPS) is 23.0. The van der Waals surface area contributed by atoms with Crippen molar-refractivity contribution in [3.05, 3.63) is 65.5 Å². The lowest BCUT2D eigenvalue weighted by molar-refractivity contribution is -0.271. The smallest absolute Gasteiger partial charge is 0.356 e. The van der Waals surface area contributed by atoms with Crippen molar-refractivity contribution >= 4 is 23.4 Å². The summed E-state index contributed by atoms with van der Waals surface area (Å²) in [5.41, 5.74) is -3.20. The largest absolute Gasteiger partial charge is 0.430 e. The fraction of sp³-hybridized carbons (Fsp3) is 0.500. The molecule has 3 saturated heterocycles. The molecule has 42 heavy (non-hydrogen) atoms. The molecule has 8 nitrogen and oxygen atoms in total. The number of benzene rings is 2. The zero-order valence-corrected chi connectivity index (χ0v) is 23.5. The number of piperidine rings is 2. The van der Waals surface area contributed by atoms with E-state index in [4.69, 9.17) is 4.74 Å². The van der Waals surface area contributed by atoms with Gasteiger partial charge in [-0.1, -0.05) is 24.3 Å². The van der Waals surface area contributed by atoms with E-state index in [0.717, 1.165) is 17.6 Å². The summed E-state index contributed by atoms with van der Waals surface area (Å²) in [6.07, 6.45) is -4.36. The first-order valence-electron chi connectivity index (χ1n) is 13.9. The van der Waals surface area contributed by atoms with E-state index in [1.54, 1.807) is 25.2 Å². The van der Waals surface area contributed by atoms with Crippen molar-refractivity contribution in [2.24, 2.45) is 5.41 Å². The Morgan fingerprint density at radius 1 is 1.02 bits per heavy atom. The number of piperazine rings is 1. The molecule has 3 fully saturated rings. The molecule has 3 aliphatic rings. The summed E-state index contributed by atoms with van der Waals surface area (Å²) in [6, 6.07) is 11.4. The van der Waals surface area contributed by atoms with Crippen molar-refractivity contribution < 1.29 is 36.7 Å². The van der Waals surface area contributed by atoms with Gasteiger partial charge in [-0.2, -0.15) is 13.2 Å². The number of nitrogens with one attached hydrogen (secondary N) is 1. The minimum Gasteiger partial charge on any atom is -0.356 e. The molecule has 2 atom stereocenters. The summed E-state index contributed by atoms with van der Waals surface area (Å²) in [6.45, 7) is 1.28. The van der Waals surface area contributed by atoms with Crippen LogP contribution in [-0.4, -0.2) is 87.1 Å². The lowest BCUT2D eigenvalue weighted by Crippen LogP contribution is -2.60. The number of likely N-dealkylation sites (N-methyl/N-ethyl adjacent to an activating group) is 1. The van der Waals surface area contributed by atoms with E-state index in [9.17, 15) is 31.9 Å². The van der Waals surface area contributed by atoms with E-state index in [1.807, 2.05) is 4.90 Å².